The number of cyclic esters (lactones) is 1. The summed E-state index contributed by atoms with van der Waals surface area (Å²) in [5.41, 5.74) is -8.13. The van der Waals surface area contributed by atoms with Crippen LogP contribution in [0.4, 0.5) is 0 Å². The first-order valence-corrected chi connectivity index (χ1v) is 16.7. The molecule has 0 amide bonds. The molecular formula is C35H44O15. The molecule has 0 spiro atoms. The van der Waals surface area contributed by atoms with Crippen molar-refractivity contribution >= 4 is 35.8 Å². The van der Waals surface area contributed by atoms with E-state index in [0.717, 1.165) is 27.9 Å². The third kappa shape index (κ3) is 4.54. The highest BCUT2D eigenvalue weighted by Crippen LogP contribution is 2.81. The molecule has 4 saturated carbocycles. The highest BCUT2D eigenvalue weighted by molar-refractivity contribution is 5.80. The minimum absolute atomic E-state index is 0.136. The Morgan fingerprint density at radius 3 is 2.06 bits per heavy atom. The second kappa shape index (κ2) is 11.5. The van der Waals surface area contributed by atoms with Crippen molar-refractivity contribution in [2.75, 3.05) is 7.11 Å². The number of hydrogen-bond acceptors (Lipinski definition) is 15. The fourth-order valence-corrected chi connectivity index (χ4v) is 11.6. The van der Waals surface area contributed by atoms with Gasteiger partial charge in [-0.15, -0.1) is 0 Å². The molecule has 0 aromatic carbocycles. The summed E-state index contributed by atoms with van der Waals surface area (Å²) >= 11 is 0. The summed E-state index contributed by atoms with van der Waals surface area (Å²) in [5, 5.41) is 26.8. The van der Waals surface area contributed by atoms with Gasteiger partial charge in [0, 0.05) is 61.8 Å². The summed E-state index contributed by atoms with van der Waals surface area (Å²) in [4.78, 5) is 78.3. The van der Waals surface area contributed by atoms with Crippen LogP contribution >= 0.6 is 0 Å². The van der Waals surface area contributed by atoms with Crippen molar-refractivity contribution in [3.05, 3.63) is 24.2 Å². The number of hydrogen-bond donors (Lipinski definition) is 2. The van der Waals surface area contributed by atoms with E-state index in [-0.39, 0.29) is 12.8 Å². The number of fused-ring (bicyclic) bond motifs is 5. The van der Waals surface area contributed by atoms with Crippen LogP contribution in [0.2, 0.25) is 0 Å². The second-order valence-electron chi connectivity index (χ2n) is 15.3. The van der Waals surface area contributed by atoms with Gasteiger partial charge in [0.2, 0.25) is 6.10 Å². The van der Waals surface area contributed by atoms with Crippen LogP contribution in [-0.2, 0) is 57.2 Å². The number of ether oxygens (including phenoxy) is 6. The molecule has 274 valence electrons. The van der Waals surface area contributed by atoms with Crippen molar-refractivity contribution in [1.29, 1.82) is 0 Å². The lowest BCUT2D eigenvalue weighted by molar-refractivity contribution is -0.369. The van der Waals surface area contributed by atoms with Gasteiger partial charge >= 0.3 is 35.8 Å². The molecule has 1 saturated heterocycles. The van der Waals surface area contributed by atoms with Gasteiger partial charge in [-0.2, -0.15) is 0 Å². The fraction of sp³-hybridized carbons (Fsp3) is 0.714. The first-order chi connectivity index (χ1) is 23.2. The Balaban J connectivity index is 1.68. The third-order valence-corrected chi connectivity index (χ3v) is 12.9. The van der Waals surface area contributed by atoms with Crippen molar-refractivity contribution in [2.24, 2.45) is 39.9 Å². The Morgan fingerprint density at radius 1 is 0.900 bits per heavy atom. The van der Waals surface area contributed by atoms with E-state index < -0.39 is 124 Å². The van der Waals surface area contributed by atoms with E-state index >= 15 is 0 Å². The van der Waals surface area contributed by atoms with Gasteiger partial charge in [-0.1, -0.05) is 20.8 Å². The zero-order chi connectivity index (χ0) is 36.9. The number of rotatable bonds is 7. The van der Waals surface area contributed by atoms with E-state index in [0.29, 0.717) is 5.56 Å². The largest absolute Gasteiger partial charge is 0.472 e. The minimum atomic E-state index is -2.23. The molecule has 1 aromatic rings. The van der Waals surface area contributed by atoms with Crippen LogP contribution in [0.15, 0.2) is 23.0 Å². The number of methoxy groups -OCH3 is 1. The standard InChI is InChI=1S/C35H44O15/c1-15(36)46-22-11-21-33(7)26(25(30(41)44-8)47-16(2)37)31(5)14-34(33,42)24(28(31)48-17(3)38)29(49-18(4)39)35(21,43)20-12-23(40)50-27(32(20,22)6)19-9-10-45-13-19/h9-10,13,20-22,24-29,42-43H,11-12,14H2,1-8H3/t20-,21-,22-,24-,25+,26+,27+,28-,29-,31+,32+,33-,34+,35+/m1/s1. The smallest absolute Gasteiger partial charge is 0.347 e. The maximum absolute atomic E-state index is 13.7. The molecule has 5 fully saturated rings. The zero-order valence-electron chi connectivity index (χ0n) is 29.3. The summed E-state index contributed by atoms with van der Waals surface area (Å²) in [6.45, 7) is 9.64. The highest BCUT2D eigenvalue weighted by atomic mass is 16.6. The molecule has 4 aliphatic carbocycles. The molecule has 2 N–H and O–H groups in total. The SMILES string of the molecule is COC(=O)[C@@H](OC(C)=O)[C@H]1[C@]2(C)C[C@]3(O)[C@H]([C@H]2OC(C)=O)[C@@H](OC(C)=O)[C@]2(O)[C@@H]4CC(=O)O[C@@H](c5ccoc5)[C@]4(C)[C@H](OC(C)=O)C[C@@H]2[C@]13C. The Hall–Kier alpha value is -3.98. The molecule has 5 aliphatic rings. The van der Waals surface area contributed by atoms with Gasteiger partial charge in [0.15, 0.2) is 0 Å². The molecule has 6 rings (SSSR count). The van der Waals surface area contributed by atoms with Crippen molar-refractivity contribution in [3.63, 3.8) is 0 Å². The van der Waals surface area contributed by atoms with Crippen LogP contribution in [0.1, 0.15) is 79.4 Å². The van der Waals surface area contributed by atoms with E-state index in [1.807, 2.05) is 0 Å². The number of carbonyl (C=O) groups excluding carboxylic acids is 6. The van der Waals surface area contributed by atoms with Crippen molar-refractivity contribution in [3.8, 4) is 0 Å². The van der Waals surface area contributed by atoms with Crippen LogP contribution in [0, 0.1) is 39.9 Å². The Kier molecular flexibility index (Phi) is 8.26. The topological polar surface area (TPSA) is 211 Å². The van der Waals surface area contributed by atoms with Gasteiger partial charge in [-0.3, -0.25) is 24.0 Å². The van der Waals surface area contributed by atoms with Gasteiger partial charge in [-0.05, 0) is 18.9 Å². The minimum Gasteiger partial charge on any atom is -0.472 e. The van der Waals surface area contributed by atoms with Gasteiger partial charge in [0.05, 0.1) is 43.0 Å². The average molecular weight is 705 g/mol. The van der Waals surface area contributed by atoms with Gasteiger partial charge in [0.1, 0.15) is 30.0 Å². The lowest BCUT2D eigenvalue weighted by Gasteiger charge is -2.72. The maximum atomic E-state index is 13.7. The second-order valence-corrected chi connectivity index (χ2v) is 15.3. The fourth-order valence-electron chi connectivity index (χ4n) is 11.6. The van der Waals surface area contributed by atoms with Crippen LogP contribution in [0.3, 0.4) is 0 Å². The zero-order valence-corrected chi connectivity index (χ0v) is 29.3. The molecular weight excluding hydrogens is 660 g/mol. The molecule has 15 nitrogen and oxygen atoms in total. The monoisotopic (exact) mass is 704 g/mol. The summed E-state index contributed by atoms with van der Waals surface area (Å²) in [6.07, 6.45) is -4.74. The Labute approximate surface area is 288 Å². The van der Waals surface area contributed by atoms with E-state index in [1.54, 1.807) is 26.8 Å². The highest BCUT2D eigenvalue weighted by Gasteiger charge is 2.90. The van der Waals surface area contributed by atoms with E-state index in [9.17, 15) is 39.0 Å². The third-order valence-electron chi connectivity index (χ3n) is 12.9. The molecule has 2 bridgehead atoms. The summed E-state index contributed by atoms with van der Waals surface area (Å²) in [7, 11) is 1.11. The molecule has 15 heteroatoms. The Morgan fingerprint density at radius 2 is 1.52 bits per heavy atom. The summed E-state index contributed by atoms with van der Waals surface area (Å²) in [6, 6.07) is 1.58. The van der Waals surface area contributed by atoms with Crippen LogP contribution in [0.5, 0.6) is 0 Å². The summed E-state index contributed by atoms with van der Waals surface area (Å²) < 4.78 is 40.0. The molecule has 0 radical (unpaired) electrons. The number of furan rings is 1. The summed E-state index contributed by atoms with van der Waals surface area (Å²) in [5.74, 6) is -9.62. The van der Waals surface area contributed by atoms with E-state index in [4.69, 9.17) is 32.8 Å². The molecule has 50 heavy (non-hydrogen) atoms. The van der Waals surface area contributed by atoms with Crippen LogP contribution < -0.4 is 0 Å². The van der Waals surface area contributed by atoms with E-state index in [1.165, 1.54) is 19.5 Å². The number of carbonyl (C=O) groups is 6. The predicted octanol–water partition coefficient (Wildman–Crippen LogP) is 1.95. The van der Waals surface area contributed by atoms with Gasteiger partial charge in [-0.25, -0.2) is 4.79 Å². The predicted molar refractivity (Wildman–Crippen MR) is 164 cm³/mol. The van der Waals surface area contributed by atoms with Crippen molar-refractivity contribution < 1.29 is 71.8 Å². The first kappa shape index (κ1) is 35.8. The number of esters is 6. The first-order valence-electron chi connectivity index (χ1n) is 16.7. The van der Waals surface area contributed by atoms with Crippen molar-refractivity contribution in [1.82, 2.24) is 0 Å². The number of aliphatic hydroxyl groups is 2. The quantitative estimate of drug-likeness (QED) is 0.307. The molecule has 1 aliphatic heterocycles. The maximum Gasteiger partial charge on any atom is 0.347 e. The normalized spacial score (nSPS) is 44.5. The molecule has 0 unspecified atom stereocenters. The lowest BCUT2D eigenvalue weighted by atomic mass is 9.36. The van der Waals surface area contributed by atoms with E-state index in [2.05, 4.69) is 0 Å². The Bertz CT molecular complexity index is 1620. The molecule has 2 heterocycles. The average Bonchev–Trinajstić information content (AvgIpc) is 3.66. The van der Waals surface area contributed by atoms with Gasteiger partial charge in [0.25, 0.3) is 0 Å². The van der Waals surface area contributed by atoms with Crippen LogP contribution in [-0.4, -0.2) is 88.8 Å². The molecule has 14 atom stereocenters. The van der Waals surface area contributed by atoms with Crippen LogP contribution in [0.25, 0.3) is 0 Å². The molecule has 1 aromatic heterocycles. The van der Waals surface area contributed by atoms with Crippen molar-refractivity contribution in [2.45, 2.75) is 109 Å². The van der Waals surface area contributed by atoms with Gasteiger partial charge < -0.3 is 43.1 Å². The lowest BCUT2D eigenvalue weighted by Crippen LogP contribution is -2.83.